The Hall–Kier alpha value is -4.18. The number of hydrogen-bond acceptors (Lipinski definition) is 7. The molecule has 1 aliphatic heterocycles. The van der Waals surface area contributed by atoms with Crippen molar-refractivity contribution in [1.29, 1.82) is 0 Å². The summed E-state index contributed by atoms with van der Waals surface area (Å²) in [6, 6.07) is 2.98. The predicted octanol–water partition coefficient (Wildman–Crippen LogP) is 9.00. The van der Waals surface area contributed by atoms with Gasteiger partial charge in [0.15, 0.2) is 5.69 Å². The van der Waals surface area contributed by atoms with E-state index in [0.717, 1.165) is 35.0 Å². The van der Waals surface area contributed by atoms with Crippen molar-refractivity contribution in [3.05, 3.63) is 74.8 Å². The zero-order valence-electron chi connectivity index (χ0n) is 27.8. The Kier molecular flexibility index (Phi) is 11.1. The summed E-state index contributed by atoms with van der Waals surface area (Å²) in [6.45, 7) is 9.76. The molecular formula is C33H35ClF6N8OS. The van der Waals surface area contributed by atoms with Gasteiger partial charge < -0.3 is 10.2 Å². The van der Waals surface area contributed by atoms with Gasteiger partial charge in [0.2, 0.25) is 0 Å². The number of aromatic nitrogens is 6. The van der Waals surface area contributed by atoms with Crippen LogP contribution < -0.4 is 10.2 Å². The van der Waals surface area contributed by atoms with Crippen molar-refractivity contribution in [3.8, 4) is 11.1 Å². The van der Waals surface area contributed by atoms with Gasteiger partial charge in [-0.15, -0.1) is 11.3 Å². The van der Waals surface area contributed by atoms with E-state index in [1.807, 2.05) is 17.2 Å². The fourth-order valence-electron chi connectivity index (χ4n) is 5.99. The highest BCUT2D eigenvalue weighted by atomic mass is 35.5. The summed E-state index contributed by atoms with van der Waals surface area (Å²) in [7, 11) is 1.35. The first-order valence-electron chi connectivity index (χ1n) is 15.8. The van der Waals surface area contributed by atoms with Crippen molar-refractivity contribution >= 4 is 46.1 Å². The van der Waals surface area contributed by atoms with Crippen molar-refractivity contribution < 1.29 is 31.1 Å². The molecule has 4 aromatic heterocycles. The van der Waals surface area contributed by atoms with Gasteiger partial charge in [0.05, 0.1) is 22.4 Å². The zero-order valence-corrected chi connectivity index (χ0v) is 29.4. The minimum Gasteiger partial charge on any atom is -0.356 e. The second-order valence-corrected chi connectivity index (χ2v) is 14.0. The van der Waals surface area contributed by atoms with E-state index in [1.54, 1.807) is 6.07 Å². The van der Waals surface area contributed by atoms with E-state index in [9.17, 15) is 31.1 Å². The monoisotopic (exact) mass is 740 g/mol. The van der Waals surface area contributed by atoms with E-state index >= 15 is 0 Å². The summed E-state index contributed by atoms with van der Waals surface area (Å²) in [6.07, 6.45) is 0.492. The van der Waals surface area contributed by atoms with Gasteiger partial charge in [-0.1, -0.05) is 39.3 Å². The van der Waals surface area contributed by atoms with E-state index in [-0.39, 0.29) is 22.4 Å². The molecular weight excluding hydrogens is 706 g/mol. The number of nitrogens with zero attached hydrogens (tertiary/aromatic N) is 7. The van der Waals surface area contributed by atoms with Crippen LogP contribution in [0.2, 0.25) is 5.15 Å². The molecule has 50 heavy (non-hydrogen) atoms. The molecule has 6 rings (SSSR count). The molecule has 1 fully saturated rings. The fraction of sp³-hybridized carbons (Fsp3) is 0.424. The molecule has 1 atom stereocenters. The number of amides is 1. The van der Waals surface area contributed by atoms with Crippen LogP contribution in [0, 0.1) is 29.3 Å². The van der Waals surface area contributed by atoms with Crippen molar-refractivity contribution in [2.45, 2.75) is 59.1 Å². The average molecular weight is 741 g/mol. The summed E-state index contributed by atoms with van der Waals surface area (Å²) in [4.78, 5) is 23.4. The number of halogens is 7. The number of rotatable bonds is 7. The van der Waals surface area contributed by atoms with Crippen LogP contribution in [-0.4, -0.2) is 48.4 Å². The van der Waals surface area contributed by atoms with Crippen LogP contribution in [0.4, 0.5) is 37.8 Å². The van der Waals surface area contributed by atoms with Crippen molar-refractivity contribution in [3.63, 3.8) is 0 Å². The molecule has 1 unspecified atom stereocenters. The van der Waals surface area contributed by atoms with Crippen molar-refractivity contribution in [1.82, 2.24) is 29.4 Å². The Morgan fingerprint density at radius 1 is 1.10 bits per heavy atom. The van der Waals surface area contributed by atoms with Gasteiger partial charge in [0.1, 0.15) is 34.7 Å². The Labute approximate surface area is 293 Å². The van der Waals surface area contributed by atoms with E-state index in [1.165, 1.54) is 29.2 Å². The maximum atomic E-state index is 14.5. The van der Waals surface area contributed by atoms with Gasteiger partial charge in [-0.2, -0.15) is 37.9 Å². The van der Waals surface area contributed by atoms with Crippen LogP contribution in [0.1, 0.15) is 73.8 Å². The molecule has 268 valence electrons. The molecule has 1 saturated heterocycles. The Morgan fingerprint density at radius 2 is 1.76 bits per heavy atom. The number of carbonyl (C=O) groups excluding carboxylic acids is 1. The highest BCUT2D eigenvalue weighted by molar-refractivity contribution is 7.10. The molecule has 0 radical (unpaired) electrons. The fourth-order valence-corrected chi connectivity index (χ4v) is 7.16. The number of anilines is 2. The lowest BCUT2D eigenvalue weighted by Gasteiger charge is -2.33. The molecule has 0 aliphatic carbocycles. The van der Waals surface area contributed by atoms with Crippen molar-refractivity contribution in [2.24, 2.45) is 18.9 Å². The molecule has 1 aliphatic rings. The summed E-state index contributed by atoms with van der Waals surface area (Å²) < 4.78 is 83.7. The maximum Gasteiger partial charge on any atom is 0.435 e. The summed E-state index contributed by atoms with van der Waals surface area (Å²) in [5.41, 5.74) is -1.45. The Morgan fingerprint density at radius 3 is 2.38 bits per heavy atom. The number of hydrogen-bond donors (Lipinski definition) is 1. The predicted molar refractivity (Wildman–Crippen MR) is 180 cm³/mol. The molecule has 0 saturated carbocycles. The topological polar surface area (TPSA) is 93.2 Å². The third-order valence-electron chi connectivity index (χ3n) is 8.26. The molecule has 5 aromatic rings. The molecule has 9 nitrogen and oxygen atoms in total. The van der Waals surface area contributed by atoms with Gasteiger partial charge in [0, 0.05) is 43.3 Å². The first-order valence-corrected chi connectivity index (χ1v) is 17.1. The number of aryl methyl sites for hydroxylation is 1. The Bertz CT molecular complexity index is 1960. The highest BCUT2D eigenvalue weighted by Gasteiger charge is 2.39. The van der Waals surface area contributed by atoms with Crippen molar-refractivity contribution in [2.75, 3.05) is 23.3 Å². The smallest absolute Gasteiger partial charge is 0.356 e. The molecule has 1 N–H and O–H groups in total. The number of thiophene rings is 1. The summed E-state index contributed by atoms with van der Waals surface area (Å²) in [5, 5.41) is 11.8. The third kappa shape index (κ3) is 8.06. The SMILES string of the molecule is CC(C)CC(C)c1sccc1NC(=O)c1cn(C)nc1C(F)(F)F.CC1CCN(c2c(-c3c(F)cc(F)cc3F)c(Cl)nc3ncnn23)CC1. The standard InChI is InChI=1S/C17H15ClF3N5.C16H20F3N3OS/c1-9-2-4-25(5-3-9)16-14(13-11(20)6-10(19)7-12(13)21)15(18)24-17-22-8-23-26(16)17;1-9(2)7-10(3)13-12(5-6-24-13)20-15(23)11-8-22(4)21-14(11)16(17,18)19/h6-9H,2-5H2,1H3;5-6,8-10H,7H2,1-4H3,(H,20,23). The van der Waals surface area contributed by atoms with Crippen LogP contribution >= 0.6 is 22.9 Å². The second-order valence-electron chi connectivity index (χ2n) is 12.7. The van der Waals surface area contributed by atoms with Crippen LogP contribution in [0.15, 0.2) is 36.1 Å². The number of benzene rings is 1. The van der Waals surface area contributed by atoms with Gasteiger partial charge in [-0.05, 0) is 48.5 Å². The van der Waals surface area contributed by atoms with Gasteiger partial charge in [-0.3, -0.25) is 9.48 Å². The number of nitrogens with one attached hydrogen (secondary N) is 1. The first kappa shape index (κ1) is 37.1. The van der Waals surface area contributed by atoms with E-state index in [2.05, 4.69) is 46.3 Å². The van der Waals surface area contributed by atoms with Crippen LogP contribution in [0.5, 0.6) is 0 Å². The number of piperidine rings is 1. The normalized spacial score (nSPS) is 14.6. The summed E-state index contributed by atoms with van der Waals surface area (Å²) in [5.74, 6) is -1.98. The first-order chi connectivity index (χ1) is 23.5. The second kappa shape index (κ2) is 15.0. The molecule has 17 heteroatoms. The minimum atomic E-state index is -4.67. The van der Waals surface area contributed by atoms with Gasteiger partial charge in [-0.25, -0.2) is 13.2 Å². The van der Waals surface area contributed by atoms with E-state index in [0.29, 0.717) is 48.6 Å². The lowest BCUT2D eigenvalue weighted by atomic mass is 9.97. The van der Waals surface area contributed by atoms with E-state index in [4.69, 9.17) is 11.6 Å². The zero-order chi connectivity index (χ0) is 36.5. The minimum absolute atomic E-state index is 0.0502. The van der Waals surface area contributed by atoms with Crippen LogP contribution in [0.25, 0.3) is 16.9 Å². The molecule has 1 amide bonds. The maximum absolute atomic E-state index is 14.5. The molecule has 0 spiro atoms. The van der Waals surface area contributed by atoms with Crippen LogP contribution in [0.3, 0.4) is 0 Å². The quantitative estimate of drug-likeness (QED) is 0.132. The Balaban J connectivity index is 0.000000195. The number of carbonyl (C=O) groups is 1. The average Bonchev–Trinajstić information content (AvgIpc) is 3.77. The molecule has 1 aromatic carbocycles. The molecule has 5 heterocycles. The number of fused-ring (bicyclic) bond motifs is 1. The van der Waals surface area contributed by atoms with Gasteiger partial charge in [0.25, 0.3) is 11.7 Å². The third-order valence-corrected chi connectivity index (χ3v) is 9.68. The molecule has 0 bridgehead atoms. The highest BCUT2D eigenvalue weighted by Crippen LogP contribution is 2.41. The largest absolute Gasteiger partial charge is 0.435 e. The lowest BCUT2D eigenvalue weighted by molar-refractivity contribution is -0.141. The number of alkyl halides is 3. The van der Waals surface area contributed by atoms with E-state index < -0.39 is 46.4 Å². The lowest BCUT2D eigenvalue weighted by Crippen LogP contribution is -2.35. The van der Waals surface area contributed by atoms with Crippen LogP contribution in [-0.2, 0) is 13.2 Å². The summed E-state index contributed by atoms with van der Waals surface area (Å²) >= 11 is 7.78. The van der Waals surface area contributed by atoms with Gasteiger partial charge >= 0.3 is 6.18 Å².